The summed E-state index contributed by atoms with van der Waals surface area (Å²) in [6.45, 7) is 4.72. The van der Waals surface area contributed by atoms with Crippen LogP contribution in [0.5, 0.6) is 0 Å². The molecule has 0 saturated heterocycles. The van der Waals surface area contributed by atoms with Crippen LogP contribution in [0.25, 0.3) is 0 Å². The monoisotopic (exact) mass is 260 g/mol. The molecule has 0 atom stereocenters. The van der Waals surface area contributed by atoms with Gasteiger partial charge in [-0.25, -0.2) is 12.8 Å². The highest BCUT2D eigenvalue weighted by molar-refractivity contribution is 7.91. The number of hydrogen-bond donors (Lipinski definition) is 1. The third-order valence-corrected chi connectivity index (χ3v) is 4.44. The fraction of sp³-hybridized carbons (Fsp3) is 0.500. The minimum atomic E-state index is -3.53. The maximum absolute atomic E-state index is 13.6. The van der Waals surface area contributed by atoms with E-state index in [2.05, 4.69) is 0 Å². The average Bonchev–Trinajstić information content (AvgIpc) is 2.15. The molecule has 0 unspecified atom stereocenters. The van der Waals surface area contributed by atoms with E-state index in [4.69, 9.17) is 5.11 Å². The van der Waals surface area contributed by atoms with E-state index < -0.39 is 16.4 Å². The molecule has 1 aromatic carbocycles. The average molecular weight is 260 g/mol. The van der Waals surface area contributed by atoms with Crippen molar-refractivity contribution in [1.82, 2.24) is 0 Å². The Morgan fingerprint density at radius 2 is 1.94 bits per heavy atom. The first kappa shape index (κ1) is 14.1. The second-order valence-electron chi connectivity index (χ2n) is 4.34. The van der Waals surface area contributed by atoms with Crippen molar-refractivity contribution in [2.45, 2.75) is 31.6 Å². The van der Waals surface area contributed by atoms with Gasteiger partial charge in [-0.3, -0.25) is 0 Å². The number of halogens is 1. The van der Waals surface area contributed by atoms with Crippen molar-refractivity contribution in [1.29, 1.82) is 0 Å². The topological polar surface area (TPSA) is 54.4 Å². The van der Waals surface area contributed by atoms with Crippen LogP contribution in [0, 0.1) is 12.7 Å². The summed E-state index contributed by atoms with van der Waals surface area (Å²) >= 11 is 0. The highest BCUT2D eigenvalue weighted by Crippen LogP contribution is 2.25. The van der Waals surface area contributed by atoms with Gasteiger partial charge >= 0.3 is 0 Å². The molecule has 0 radical (unpaired) electrons. The number of hydrogen-bond acceptors (Lipinski definition) is 3. The van der Waals surface area contributed by atoms with Crippen molar-refractivity contribution in [3.63, 3.8) is 0 Å². The highest BCUT2D eigenvalue weighted by Gasteiger charge is 2.20. The Labute approximate surface area is 101 Å². The van der Waals surface area contributed by atoms with E-state index in [9.17, 15) is 12.8 Å². The second-order valence-corrected chi connectivity index (χ2v) is 6.41. The van der Waals surface area contributed by atoms with Gasteiger partial charge in [0.15, 0.2) is 9.84 Å². The largest absolute Gasteiger partial charge is 0.395 e. The maximum atomic E-state index is 13.6. The van der Waals surface area contributed by atoms with Crippen LogP contribution in [0.2, 0.25) is 0 Å². The third-order valence-electron chi connectivity index (χ3n) is 2.61. The van der Waals surface area contributed by atoms with Crippen LogP contribution in [0.4, 0.5) is 4.39 Å². The zero-order valence-corrected chi connectivity index (χ0v) is 11.0. The molecular weight excluding hydrogens is 243 g/mol. The van der Waals surface area contributed by atoms with Gasteiger partial charge in [0.05, 0.1) is 17.3 Å². The second kappa shape index (κ2) is 5.14. The van der Waals surface area contributed by atoms with Crippen LogP contribution in [0.15, 0.2) is 17.0 Å². The summed E-state index contributed by atoms with van der Waals surface area (Å²) in [7, 11) is -3.53. The molecule has 0 bridgehead atoms. The van der Waals surface area contributed by atoms with Crippen molar-refractivity contribution >= 4 is 9.84 Å². The van der Waals surface area contributed by atoms with Gasteiger partial charge in [-0.05, 0) is 36.1 Å². The van der Waals surface area contributed by atoms with E-state index in [1.54, 1.807) is 20.8 Å². The first-order chi connectivity index (χ1) is 7.79. The lowest BCUT2D eigenvalue weighted by Gasteiger charge is -2.12. The number of aryl methyl sites for hydroxylation is 1. The fourth-order valence-electron chi connectivity index (χ4n) is 1.68. The predicted molar refractivity (Wildman–Crippen MR) is 64.4 cm³/mol. The van der Waals surface area contributed by atoms with Crippen molar-refractivity contribution in [3.05, 3.63) is 29.1 Å². The lowest BCUT2D eigenvalue weighted by atomic mass is 10.0. The van der Waals surface area contributed by atoms with E-state index in [0.717, 1.165) is 0 Å². The molecule has 5 heteroatoms. The first-order valence-electron chi connectivity index (χ1n) is 5.43. The Morgan fingerprint density at radius 1 is 1.35 bits per heavy atom. The highest BCUT2D eigenvalue weighted by atomic mass is 32.2. The van der Waals surface area contributed by atoms with Gasteiger partial charge in [0.25, 0.3) is 0 Å². The molecule has 0 fully saturated rings. The molecule has 3 nitrogen and oxygen atoms in total. The van der Waals surface area contributed by atoms with Gasteiger partial charge in [-0.2, -0.15) is 0 Å². The summed E-state index contributed by atoms with van der Waals surface area (Å²) < 4.78 is 37.3. The molecule has 1 N–H and O–H groups in total. The summed E-state index contributed by atoms with van der Waals surface area (Å²) in [4.78, 5) is 0.108. The maximum Gasteiger partial charge on any atom is 0.180 e. The molecule has 0 saturated carbocycles. The van der Waals surface area contributed by atoms with Crippen LogP contribution in [-0.2, 0) is 9.84 Å². The van der Waals surface area contributed by atoms with E-state index in [1.165, 1.54) is 12.1 Å². The Kier molecular flexibility index (Phi) is 4.27. The van der Waals surface area contributed by atoms with Crippen LogP contribution >= 0.6 is 0 Å². The summed E-state index contributed by atoms with van der Waals surface area (Å²) in [5.41, 5.74) is 0.757. The number of aliphatic hydroxyl groups is 1. The Hall–Kier alpha value is -0.940. The normalized spacial score (nSPS) is 12.1. The van der Waals surface area contributed by atoms with Gasteiger partial charge in [0.2, 0.25) is 0 Å². The quantitative estimate of drug-likeness (QED) is 0.843. The van der Waals surface area contributed by atoms with E-state index in [0.29, 0.717) is 11.1 Å². The summed E-state index contributed by atoms with van der Waals surface area (Å²) in [5, 5.41) is 8.73. The predicted octanol–water partition coefficient (Wildman–Crippen LogP) is 2.02. The zero-order valence-electron chi connectivity index (χ0n) is 10.2. The summed E-state index contributed by atoms with van der Waals surface area (Å²) in [5.74, 6) is -0.809. The molecule has 1 rings (SSSR count). The molecule has 17 heavy (non-hydrogen) atoms. The van der Waals surface area contributed by atoms with Crippen LogP contribution in [-0.4, -0.2) is 25.9 Å². The minimum Gasteiger partial charge on any atom is -0.395 e. The number of rotatable bonds is 4. The number of benzene rings is 1. The molecule has 0 spiro atoms. The van der Waals surface area contributed by atoms with Crippen molar-refractivity contribution in [2.75, 3.05) is 12.4 Å². The van der Waals surface area contributed by atoms with E-state index in [-0.39, 0.29) is 22.4 Å². The van der Waals surface area contributed by atoms with Crippen molar-refractivity contribution in [3.8, 4) is 0 Å². The van der Waals surface area contributed by atoms with E-state index >= 15 is 0 Å². The van der Waals surface area contributed by atoms with Crippen LogP contribution in [0.1, 0.15) is 30.9 Å². The van der Waals surface area contributed by atoms with Gasteiger partial charge in [-0.15, -0.1) is 0 Å². The summed E-state index contributed by atoms with van der Waals surface area (Å²) in [6.07, 6.45) is 0. The van der Waals surface area contributed by atoms with Gasteiger partial charge in [0, 0.05) is 0 Å². The Balaban J connectivity index is 3.40. The lowest BCUT2D eigenvalue weighted by Crippen LogP contribution is -2.12. The Morgan fingerprint density at radius 3 is 2.41 bits per heavy atom. The van der Waals surface area contributed by atoms with E-state index in [1.807, 2.05) is 0 Å². The Bertz CT molecular complexity index is 507. The smallest absolute Gasteiger partial charge is 0.180 e. The molecule has 0 aliphatic carbocycles. The minimum absolute atomic E-state index is 0.0846. The molecular formula is C12H17FO3S. The lowest BCUT2D eigenvalue weighted by molar-refractivity contribution is 0.319. The van der Waals surface area contributed by atoms with Gasteiger partial charge in [-0.1, -0.05) is 13.8 Å². The molecule has 0 amide bonds. The SMILES string of the molecule is Cc1cc(F)c(C(C)C)cc1S(=O)(=O)CCO. The molecule has 0 heterocycles. The molecule has 96 valence electrons. The third kappa shape index (κ3) is 3.04. The molecule has 0 aliphatic rings. The molecule has 0 aliphatic heterocycles. The first-order valence-corrected chi connectivity index (χ1v) is 7.08. The molecule has 1 aromatic rings. The molecule has 0 aromatic heterocycles. The number of sulfone groups is 1. The fourth-order valence-corrected chi connectivity index (χ4v) is 2.99. The summed E-state index contributed by atoms with van der Waals surface area (Å²) in [6, 6.07) is 2.61. The zero-order chi connectivity index (χ0) is 13.2. The van der Waals surface area contributed by atoms with Crippen molar-refractivity contribution in [2.24, 2.45) is 0 Å². The van der Waals surface area contributed by atoms with Crippen LogP contribution < -0.4 is 0 Å². The van der Waals surface area contributed by atoms with Crippen LogP contribution in [0.3, 0.4) is 0 Å². The number of aliphatic hydroxyl groups excluding tert-OH is 1. The van der Waals surface area contributed by atoms with Gasteiger partial charge < -0.3 is 5.11 Å². The standard InChI is InChI=1S/C12H17FO3S/c1-8(2)10-7-12(9(3)6-11(10)13)17(15,16)5-4-14/h6-8,14H,4-5H2,1-3H3. The van der Waals surface area contributed by atoms with Crippen molar-refractivity contribution < 1.29 is 17.9 Å². The van der Waals surface area contributed by atoms with Gasteiger partial charge in [0.1, 0.15) is 5.82 Å².